The Balaban J connectivity index is 1.71. The Morgan fingerprint density at radius 1 is 1.32 bits per heavy atom. The summed E-state index contributed by atoms with van der Waals surface area (Å²) >= 11 is 5.86. The predicted octanol–water partition coefficient (Wildman–Crippen LogP) is 3.33. The number of rotatable bonds is 1. The molecule has 0 N–H and O–H groups in total. The molecule has 0 aromatic heterocycles. The van der Waals surface area contributed by atoms with Crippen molar-refractivity contribution in [2.24, 2.45) is 0 Å². The van der Waals surface area contributed by atoms with E-state index >= 15 is 0 Å². The number of benzene rings is 1. The molecule has 2 fully saturated rings. The molecule has 2 atom stereocenters. The molecule has 1 saturated carbocycles. The maximum Gasteiger partial charge on any atom is 0.188 e. The third kappa shape index (κ3) is 1.57. The largest absolute Gasteiger partial charge is 0.356 e. The molecule has 1 aliphatic heterocycles. The molecule has 3 heteroatoms. The summed E-state index contributed by atoms with van der Waals surface area (Å²) in [5, 5.41) is 0.699. The quantitative estimate of drug-likeness (QED) is 0.579. The molecule has 4 rings (SSSR count). The van der Waals surface area contributed by atoms with Crippen LogP contribution in [0.15, 0.2) is 53.6 Å². The molecule has 2 unspecified atom stereocenters. The van der Waals surface area contributed by atoms with Crippen molar-refractivity contribution in [1.29, 1.82) is 0 Å². The number of allylic oxidation sites excluding steroid dienone is 2. The Hall–Kier alpha value is -1.64. The van der Waals surface area contributed by atoms with Crippen LogP contribution in [0.2, 0.25) is 5.02 Å². The number of ketones is 1. The Kier molecular flexibility index (Phi) is 2.17. The van der Waals surface area contributed by atoms with Crippen LogP contribution in [0.4, 0.5) is 0 Å². The third-order valence-electron chi connectivity index (χ3n) is 3.94. The molecule has 3 aliphatic rings. The highest BCUT2D eigenvalue weighted by molar-refractivity contribution is 6.30. The summed E-state index contributed by atoms with van der Waals surface area (Å²) in [6.07, 6.45) is 8.51. The van der Waals surface area contributed by atoms with Crippen molar-refractivity contribution in [1.82, 2.24) is 0 Å². The maximum atomic E-state index is 12.4. The van der Waals surface area contributed by atoms with Crippen LogP contribution in [0, 0.1) is 0 Å². The zero-order valence-electron chi connectivity index (χ0n) is 10.1. The highest BCUT2D eigenvalue weighted by Crippen LogP contribution is 2.55. The zero-order chi connectivity index (χ0) is 13.0. The standard InChI is InChI=1S/C16H11ClO2/c17-12-6-4-10(5-7-12)8-11-9-16-13(15(11)18)2-1-3-14(16)19-16/h1-8,14H,9H2. The van der Waals surface area contributed by atoms with Crippen molar-refractivity contribution in [2.75, 3.05) is 0 Å². The SMILES string of the molecule is O=C1C(=Cc2ccc(Cl)cc2)CC23OC2C=CC=C13. The summed E-state index contributed by atoms with van der Waals surface area (Å²) in [7, 11) is 0. The fourth-order valence-corrected chi connectivity index (χ4v) is 3.04. The first-order chi connectivity index (χ1) is 9.19. The topological polar surface area (TPSA) is 29.6 Å². The number of ether oxygens (including phenoxy) is 1. The second-order valence-electron chi connectivity index (χ2n) is 5.12. The van der Waals surface area contributed by atoms with Crippen LogP contribution in [0.3, 0.4) is 0 Å². The molecule has 1 heterocycles. The lowest BCUT2D eigenvalue weighted by molar-refractivity contribution is -0.111. The first-order valence-electron chi connectivity index (χ1n) is 6.27. The lowest BCUT2D eigenvalue weighted by Crippen LogP contribution is -2.15. The van der Waals surface area contributed by atoms with E-state index in [1.165, 1.54) is 0 Å². The molecule has 2 nitrogen and oxygen atoms in total. The molecular formula is C16H11ClO2. The summed E-state index contributed by atoms with van der Waals surface area (Å²) in [5.41, 5.74) is 2.28. The van der Waals surface area contributed by atoms with Gasteiger partial charge in [0.2, 0.25) is 0 Å². The molecule has 0 bridgehead atoms. The second kappa shape index (κ2) is 3.69. The minimum atomic E-state index is -0.343. The molecule has 0 radical (unpaired) electrons. The van der Waals surface area contributed by atoms with Gasteiger partial charge in [-0.3, -0.25) is 4.79 Å². The van der Waals surface area contributed by atoms with Crippen LogP contribution >= 0.6 is 11.6 Å². The van der Waals surface area contributed by atoms with E-state index in [4.69, 9.17) is 16.3 Å². The molecule has 0 amide bonds. The van der Waals surface area contributed by atoms with Gasteiger partial charge in [-0.15, -0.1) is 0 Å². The van der Waals surface area contributed by atoms with E-state index in [2.05, 4.69) is 0 Å². The highest BCUT2D eigenvalue weighted by atomic mass is 35.5. The molecule has 2 aliphatic carbocycles. The number of epoxide rings is 1. The number of Topliss-reactive ketones (excluding diaryl/α,β-unsaturated/α-hetero) is 1. The number of hydrogen-bond donors (Lipinski definition) is 0. The Labute approximate surface area is 116 Å². The Bertz CT molecular complexity index is 666. The number of halogens is 1. The van der Waals surface area contributed by atoms with Gasteiger partial charge in [0.25, 0.3) is 0 Å². The minimum Gasteiger partial charge on any atom is -0.356 e. The lowest BCUT2D eigenvalue weighted by atomic mass is 9.94. The van der Waals surface area contributed by atoms with Crippen LogP contribution in [0.1, 0.15) is 12.0 Å². The van der Waals surface area contributed by atoms with Gasteiger partial charge in [0.1, 0.15) is 11.7 Å². The van der Waals surface area contributed by atoms with Gasteiger partial charge < -0.3 is 4.74 Å². The molecule has 94 valence electrons. The molecule has 1 saturated heterocycles. The molecule has 1 spiro atoms. The fraction of sp³-hybridized carbons (Fsp3) is 0.188. The van der Waals surface area contributed by atoms with Crippen LogP contribution in [-0.4, -0.2) is 17.5 Å². The van der Waals surface area contributed by atoms with E-state index in [0.717, 1.165) is 16.7 Å². The normalized spacial score (nSPS) is 33.1. The van der Waals surface area contributed by atoms with Gasteiger partial charge in [0.05, 0.1) is 0 Å². The van der Waals surface area contributed by atoms with Crippen molar-refractivity contribution in [3.8, 4) is 0 Å². The number of hydrogen-bond acceptors (Lipinski definition) is 2. The monoisotopic (exact) mass is 270 g/mol. The van der Waals surface area contributed by atoms with E-state index in [-0.39, 0.29) is 17.5 Å². The number of carbonyl (C=O) groups excluding carboxylic acids is 1. The lowest BCUT2D eigenvalue weighted by Gasteiger charge is -2.04. The molecule has 1 aromatic carbocycles. The van der Waals surface area contributed by atoms with E-state index < -0.39 is 0 Å². The summed E-state index contributed by atoms with van der Waals surface area (Å²) in [5.74, 6) is 0.113. The van der Waals surface area contributed by atoms with Crippen LogP contribution in [-0.2, 0) is 9.53 Å². The van der Waals surface area contributed by atoms with Gasteiger partial charge in [-0.1, -0.05) is 42.0 Å². The van der Waals surface area contributed by atoms with E-state index in [9.17, 15) is 4.79 Å². The average molecular weight is 271 g/mol. The average Bonchev–Trinajstić information content (AvgIpc) is 3.07. The van der Waals surface area contributed by atoms with Gasteiger partial charge in [0.15, 0.2) is 5.78 Å². The van der Waals surface area contributed by atoms with Crippen molar-refractivity contribution < 1.29 is 9.53 Å². The highest BCUT2D eigenvalue weighted by Gasteiger charge is 2.64. The van der Waals surface area contributed by atoms with Gasteiger partial charge in [-0.05, 0) is 23.8 Å². The minimum absolute atomic E-state index is 0.0903. The van der Waals surface area contributed by atoms with Crippen LogP contribution < -0.4 is 0 Å². The van der Waals surface area contributed by atoms with Gasteiger partial charge in [0, 0.05) is 22.6 Å². The van der Waals surface area contributed by atoms with Gasteiger partial charge >= 0.3 is 0 Å². The smallest absolute Gasteiger partial charge is 0.188 e. The third-order valence-corrected chi connectivity index (χ3v) is 4.20. The summed E-state index contributed by atoms with van der Waals surface area (Å²) in [4.78, 5) is 12.4. The van der Waals surface area contributed by atoms with Crippen molar-refractivity contribution in [3.63, 3.8) is 0 Å². The van der Waals surface area contributed by atoms with Crippen LogP contribution in [0.25, 0.3) is 6.08 Å². The van der Waals surface area contributed by atoms with Gasteiger partial charge in [-0.2, -0.15) is 0 Å². The molecule has 1 aromatic rings. The molecular weight excluding hydrogens is 260 g/mol. The first kappa shape index (κ1) is 11.2. The van der Waals surface area contributed by atoms with E-state index in [1.54, 1.807) is 0 Å². The first-order valence-corrected chi connectivity index (χ1v) is 6.64. The van der Waals surface area contributed by atoms with Crippen LogP contribution in [0.5, 0.6) is 0 Å². The fourth-order valence-electron chi connectivity index (χ4n) is 2.92. The summed E-state index contributed by atoms with van der Waals surface area (Å²) < 4.78 is 5.71. The zero-order valence-corrected chi connectivity index (χ0v) is 10.9. The van der Waals surface area contributed by atoms with Crippen molar-refractivity contribution >= 4 is 23.5 Å². The number of carbonyl (C=O) groups is 1. The van der Waals surface area contributed by atoms with E-state index in [0.29, 0.717) is 11.4 Å². The summed E-state index contributed by atoms with van der Waals surface area (Å²) in [6.45, 7) is 0. The van der Waals surface area contributed by atoms with Gasteiger partial charge in [-0.25, -0.2) is 0 Å². The Morgan fingerprint density at radius 2 is 2.11 bits per heavy atom. The second-order valence-corrected chi connectivity index (χ2v) is 5.56. The summed E-state index contributed by atoms with van der Waals surface area (Å²) in [6, 6.07) is 7.49. The molecule has 19 heavy (non-hydrogen) atoms. The van der Waals surface area contributed by atoms with E-state index in [1.807, 2.05) is 48.6 Å². The predicted molar refractivity (Wildman–Crippen MR) is 73.9 cm³/mol. The van der Waals surface area contributed by atoms with Crippen molar-refractivity contribution in [3.05, 3.63) is 64.2 Å². The van der Waals surface area contributed by atoms with Crippen molar-refractivity contribution in [2.45, 2.75) is 18.1 Å². The maximum absolute atomic E-state index is 12.4. The Morgan fingerprint density at radius 3 is 2.84 bits per heavy atom.